The highest BCUT2D eigenvalue weighted by molar-refractivity contribution is 7.25. The molecule has 0 fully saturated rings. The van der Waals surface area contributed by atoms with Gasteiger partial charge < -0.3 is 5.32 Å². The molecule has 1 N–H and O–H groups in total. The Morgan fingerprint density at radius 1 is 0.926 bits per heavy atom. The predicted octanol–water partition coefficient (Wildman–Crippen LogP) is 5.39. The SMILES string of the molecule is O=C(Nc1ccccc1F)c1ccc2sc3nc4ccccc4nc3c2c1. The van der Waals surface area contributed by atoms with Gasteiger partial charge in [0.05, 0.1) is 16.7 Å². The van der Waals surface area contributed by atoms with E-state index in [9.17, 15) is 9.18 Å². The second kappa shape index (κ2) is 6.10. The van der Waals surface area contributed by atoms with Gasteiger partial charge in [0.25, 0.3) is 5.91 Å². The van der Waals surface area contributed by atoms with Gasteiger partial charge >= 0.3 is 0 Å². The van der Waals surface area contributed by atoms with Crippen molar-refractivity contribution in [3.63, 3.8) is 0 Å². The number of carbonyl (C=O) groups is 1. The summed E-state index contributed by atoms with van der Waals surface area (Å²) in [6.07, 6.45) is 0. The third kappa shape index (κ3) is 2.71. The third-order valence-electron chi connectivity index (χ3n) is 4.36. The number of amides is 1. The summed E-state index contributed by atoms with van der Waals surface area (Å²) >= 11 is 1.54. The number of thiophene rings is 1. The molecule has 3 aromatic carbocycles. The molecule has 1 amide bonds. The summed E-state index contributed by atoms with van der Waals surface area (Å²) in [5.41, 5.74) is 3.03. The molecule has 0 aliphatic heterocycles. The van der Waals surface area contributed by atoms with Crippen LogP contribution in [0.5, 0.6) is 0 Å². The molecule has 4 nitrogen and oxygen atoms in total. The minimum Gasteiger partial charge on any atom is -0.319 e. The molecule has 0 bridgehead atoms. The Morgan fingerprint density at radius 3 is 2.48 bits per heavy atom. The van der Waals surface area contributed by atoms with Gasteiger partial charge in [0.1, 0.15) is 16.2 Å². The summed E-state index contributed by atoms with van der Waals surface area (Å²) < 4.78 is 14.8. The Bertz CT molecular complexity index is 1350. The molecule has 2 aromatic heterocycles. The van der Waals surface area contributed by atoms with Crippen LogP contribution in [0.15, 0.2) is 66.7 Å². The van der Waals surface area contributed by atoms with Gasteiger partial charge in [-0.1, -0.05) is 24.3 Å². The first-order valence-electron chi connectivity index (χ1n) is 8.34. The lowest BCUT2D eigenvalue weighted by Crippen LogP contribution is -2.12. The van der Waals surface area contributed by atoms with Crippen LogP contribution in [0.3, 0.4) is 0 Å². The minimum atomic E-state index is -0.467. The highest BCUT2D eigenvalue weighted by Gasteiger charge is 2.14. The molecule has 130 valence electrons. The first-order chi connectivity index (χ1) is 13.2. The number of nitrogens with zero attached hydrogens (tertiary/aromatic N) is 2. The molecule has 5 aromatic rings. The van der Waals surface area contributed by atoms with Crippen molar-refractivity contribution in [2.75, 3.05) is 5.32 Å². The van der Waals surface area contributed by atoms with Gasteiger partial charge in [0.15, 0.2) is 0 Å². The third-order valence-corrected chi connectivity index (χ3v) is 5.42. The molecule has 5 rings (SSSR count). The van der Waals surface area contributed by atoms with Gasteiger partial charge in [-0.05, 0) is 42.5 Å². The van der Waals surface area contributed by atoms with Crippen LogP contribution in [-0.2, 0) is 0 Å². The minimum absolute atomic E-state index is 0.156. The smallest absolute Gasteiger partial charge is 0.255 e. The monoisotopic (exact) mass is 373 g/mol. The number of para-hydroxylation sites is 3. The van der Waals surface area contributed by atoms with Crippen LogP contribution in [0.2, 0.25) is 0 Å². The van der Waals surface area contributed by atoms with E-state index in [4.69, 9.17) is 4.98 Å². The van der Waals surface area contributed by atoms with Crippen molar-refractivity contribution in [2.45, 2.75) is 0 Å². The summed E-state index contributed by atoms with van der Waals surface area (Å²) in [7, 11) is 0. The van der Waals surface area contributed by atoms with E-state index in [0.717, 1.165) is 31.5 Å². The highest BCUT2D eigenvalue weighted by atomic mass is 32.1. The van der Waals surface area contributed by atoms with Crippen molar-refractivity contribution in [3.8, 4) is 0 Å². The Morgan fingerprint density at radius 2 is 1.67 bits per heavy atom. The van der Waals surface area contributed by atoms with E-state index in [-0.39, 0.29) is 11.6 Å². The van der Waals surface area contributed by atoms with Crippen LogP contribution in [0.4, 0.5) is 10.1 Å². The molecule has 6 heteroatoms. The van der Waals surface area contributed by atoms with Crippen LogP contribution in [0, 0.1) is 5.82 Å². The molecule has 0 aliphatic carbocycles. The average molecular weight is 373 g/mol. The Kier molecular flexibility index (Phi) is 3.58. The van der Waals surface area contributed by atoms with E-state index >= 15 is 0 Å². The normalized spacial score (nSPS) is 11.3. The fourth-order valence-corrected chi connectivity index (χ4v) is 4.04. The van der Waals surface area contributed by atoms with E-state index < -0.39 is 5.82 Å². The summed E-state index contributed by atoms with van der Waals surface area (Å²) in [6, 6.07) is 19.2. The largest absolute Gasteiger partial charge is 0.319 e. The topological polar surface area (TPSA) is 54.9 Å². The Hall–Kier alpha value is -3.38. The number of fused-ring (bicyclic) bond motifs is 4. The second-order valence-electron chi connectivity index (χ2n) is 6.11. The van der Waals surface area contributed by atoms with E-state index in [2.05, 4.69) is 10.3 Å². The summed E-state index contributed by atoms with van der Waals surface area (Å²) in [4.78, 5) is 22.8. The molecule has 0 saturated carbocycles. The number of benzene rings is 3. The Balaban J connectivity index is 1.61. The van der Waals surface area contributed by atoms with Gasteiger partial charge in [0.2, 0.25) is 0 Å². The number of hydrogen-bond acceptors (Lipinski definition) is 4. The molecule has 27 heavy (non-hydrogen) atoms. The number of aromatic nitrogens is 2. The predicted molar refractivity (Wildman–Crippen MR) is 107 cm³/mol. The zero-order valence-electron chi connectivity index (χ0n) is 13.9. The van der Waals surface area contributed by atoms with Crippen LogP contribution in [-0.4, -0.2) is 15.9 Å². The molecule has 0 unspecified atom stereocenters. The maximum absolute atomic E-state index is 13.8. The molecule has 0 aliphatic rings. The number of anilines is 1. The van der Waals surface area contributed by atoms with Crippen molar-refractivity contribution in [1.29, 1.82) is 0 Å². The van der Waals surface area contributed by atoms with Crippen LogP contribution in [0.25, 0.3) is 31.5 Å². The molecular formula is C21H12FN3OS. The molecule has 2 heterocycles. The second-order valence-corrected chi connectivity index (χ2v) is 7.14. The lowest BCUT2D eigenvalue weighted by atomic mass is 10.1. The van der Waals surface area contributed by atoms with E-state index in [1.165, 1.54) is 23.5 Å². The van der Waals surface area contributed by atoms with Crippen molar-refractivity contribution < 1.29 is 9.18 Å². The zero-order valence-corrected chi connectivity index (χ0v) is 14.8. The number of rotatable bonds is 2. The zero-order chi connectivity index (χ0) is 18.4. The molecule has 0 spiro atoms. The molecule has 0 saturated heterocycles. The molecule has 0 atom stereocenters. The van der Waals surface area contributed by atoms with Gasteiger partial charge in [-0.15, -0.1) is 11.3 Å². The van der Waals surface area contributed by atoms with E-state index in [1.54, 1.807) is 24.3 Å². The van der Waals surface area contributed by atoms with Crippen molar-refractivity contribution >= 4 is 54.4 Å². The lowest BCUT2D eigenvalue weighted by molar-refractivity contribution is 0.102. The molecule has 0 radical (unpaired) electrons. The first kappa shape index (κ1) is 15.8. The fourth-order valence-electron chi connectivity index (χ4n) is 3.04. The van der Waals surface area contributed by atoms with Crippen molar-refractivity contribution in [1.82, 2.24) is 9.97 Å². The van der Waals surface area contributed by atoms with Gasteiger partial charge in [-0.25, -0.2) is 14.4 Å². The van der Waals surface area contributed by atoms with E-state index in [1.807, 2.05) is 30.3 Å². The summed E-state index contributed by atoms with van der Waals surface area (Å²) in [6.45, 7) is 0. The Labute approximate surface area is 157 Å². The number of nitrogens with one attached hydrogen (secondary N) is 1. The standard InChI is InChI=1S/C21H12FN3OS/c22-14-5-1-2-6-15(14)24-20(26)12-9-10-18-13(11-12)19-21(27-18)25-17-8-4-3-7-16(17)23-19/h1-11H,(H,24,26). The number of hydrogen-bond donors (Lipinski definition) is 1. The van der Waals surface area contributed by atoms with Crippen LogP contribution >= 0.6 is 11.3 Å². The maximum Gasteiger partial charge on any atom is 0.255 e. The quantitative estimate of drug-likeness (QED) is 0.451. The van der Waals surface area contributed by atoms with Gasteiger partial charge in [-0.3, -0.25) is 4.79 Å². The lowest BCUT2D eigenvalue weighted by Gasteiger charge is -2.06. The van der Waals surface area contributed by atoms with Gasteiger partial charge in [0, 0.05) is 15.6 Å². The summed E-state index contributed by atoms with van der Waals surface area (Å²) in [5.74, 6) is -0.833. The number of halogens is 1. The molecular weight excluding hydrogens is 361 g/mol. The van der Waals surface area contributed by atoms with Crippen LogP contribution < -0.4 is 5.32 Å². The average Bonchev–Trinajstić information content (AvgIpc) is 3.04. The van der Waals surface area contributed by atoms with Crippen molar-refractivity contribution in [3.05, 3.63) is 78.1 Å². The van der Waals surface area contributed by atoms with Gasteiger partial charge in [-0.2, -0.15) is 0 Å². The first-order valence-corrected chi connectivity index (χ1v) is 9.16. The highest BCUT2D eigenvalue weighted by Crippen LogP contribution is 2.33. The fraction of sp³-hybridized carbons (Fsp3) is 0. The van der Waals surface area contributed by atoms with Crippen LogP contribution in [0.1, 0.15) is 10.4 Å². The maximum atomic E-state index is 13.8. The van der Waals surface area contributed by atoms with E-state index in [0.29, 0.717) is 5.56 Å². The summed E-state index contributed by atoms with van der Waals surface area (Å²) in [5, 5.41) is 3.48. The van der Waals surface area contributed by atoms with Crippen molar-refractivity contribution in [2.24, 2.45) is 0 Å². The number of carbonyl (C=O) groups excluding carboxylic acids is 1.